The highest BCUT2D eigenvalue weighted by Gasteiger charge is 2.39. The fourth-order valence-corrected chi connectivity index (χ4v) is 3.31. The van der Waals surface area contributed by atoms with Crippen molar-refractivity contribution in [2.24, 2.45) is 0 Å². The molecule has 4 heteroatoms. The normalized spacial score (nSPS) is 22.5. The van der Waals surface area contributed by atoms with Crippen LogP contribution in [0.3, 0.4) is 0 Å². The molecule has 0 aliphatic heterocycles. The van der Waals surface area contributed by atoms with Crippen molar-refractivity contribution < 1.29 is 14.7 Å². The van der Waals surface area contributed by atoms with E-state index < -0.39 is 11.5 Å². The van der Waals surface area contributed by atoms with Crippen LogP contribution in [0.2, 0.25) is 0 Å². The Balaban J connectivity index is 1.98. The number of hydrogen-bond acceptors (Lipinski definition) is 2. The highest BCUT2D eigenvalue weighted by molar-refractivity contribution is 5.88. The molecule has 2 N–H and O–H groups in total. The molecule has 4 nitrogen and oxygen atoms in total. The van der Waals surface area contributed by atoms with Gasteiger partial charge in [0.2, 0.25) is 5.91 Å². The summed E-state index contributed by atoms with van der Waals surface area (Å²) in [6, 6.07) is 0. The summed E-state index contributed by atoms with van der Waals surface area (Å²) in [6.07, 6.45) is 11.9. The van der Waals surface area contributed by atoms with Gasteiger partial charge in [-0.15, -0.1) is 0 Å². The molecular weight excluding hydrogens is 254 g/mol. The lowest BCUT2D eigenvalue weighted by Crippen LogP contribution is -2.54. The molecule has 2 aliphatic rings. The molecule has 112 valence electrons. The molecule has 2 aliphatic carbocycles. The molecule has 0 spiro atoms. The van der Waals surface area contributed by atoms with E-state index in [4.69, 9.17) is 0 Å². The van der Waals surface area contributed by atoms with Gasteiger partial charge in [-0.25, -0.2) is 4.79 Å². The third-order valence-corrected chi connectivity index (χ3v) is 4.52. The number of carbonyl (C=O) groups is 2. The fourth-order valence-electron chi connectivity index (χ4n) is 3.31. The molecule has 20 heavy (non-hydrogen) atoms. The van der Waals surface area contributed by atoms with Crippen LogP contribution in [-0.2, 0) is 9.59 Å². The number of hydrogen-bond donors (Lipinski definition) is 2. The molecule has 0 radical (unpaired) electrons. The highest BCUT2D eigenvalue weighted by atomic mass is 16.4. The number of carboxylic acids is 1. The predicted octanol–water partition coefficient (Wildman–Crippen LogP) is 3.17. The van der Waals surface area contributed by atoms with Crippen molar-refractivity contribution in [3.63, 3.8) is 0 Å². The third kappa shape index (κ3) is 3.84. The minimum absolute atomic E-state index is 0.123. The Morgan fingerprint density at radius 1 is 1.10 bits per heavy atom. The van der Waals surface area contributed by atoms with Gasteiger partial charge in [-0.05, 0) is 38.5 Å². The Hall–Kier alpha value is -1.32. The first-order valence-corrected chi connectivity index (χ1v) is 7.85. The summed E-state index contributed by atoms with van der Waals surface area (Å²) >= 11 is 0. The monoisotopic (exact) mass is 279 g/mol. The zero-order chi connectivity index (χ0) is 14.4. The summed E-state index contributed by atoms with van der Waals surface area (Å²) in [7, 11) is 0. The molecule has 2 rings (SSSR count). The summed E-state index contributed by atoms with van der Waals surface area (Å²) in [6.45, 7) is 0. The third-order valence-electron chi connectivity index (χ3n) is 4.52. The van der Waals surface area contributed by atoms with E-state index in [9.17, 15) is 14.7 Å². The molecule has 1 amide bonds. The molecule has 0 unspecified atom stereocenters. The lowest BCUT2D eigenvalue weighted by molar-refractivity contribution is -0.148. The van der Waals surface area contributed by atoms with E-state index in [2.05, 4.69) is 11.4 Å². The van der Waals surface area contributed by atoms with E-state index in [1.165, 1.54) is 12.0 Å². The molecule has 0 aromatic carbocycles. The number of carboxylic acid groups (broad SMARTS) is 1. The lowest BCUT2D eigenvalue weighted by Gasteiger charge is -2.29. The molecular formula is C16H25NO3. The Labute approximate surface area is 120 Å². The Morgan fingerprint density at radius 2 is 1.80 bits per heavy atom. The van der Waals surface area contributed by atoms with Gasteiger partial charge >= 0.3 is 5.97 Å². The molecule has 0 saturated heterocycles. The molecule has 0 aromatic rings. The van der Waals surface area contributed by atoms with Gasteiger partial charge < -0.3 is 10.4 Å². The molecule has 0 atom stereocenters. The summed E-state index contributed by atoms with van der Waals surface area (Å²) in [5.41, 5.74) is 0.144. The van der Waals surface area contributed by atoms with Crippen LogP contribution in [0.25, 0.3) is 0 Å². The summed E-state index contributed by atoms with van der Waals surface area (Å²) in [5.74, 6) is -0.993. The minimum Gasteiger partial charge on any atom is -0.480 e. The maximum atomic E-state index is 12.2. The SMILES string of the molecule is O=C(CC1=CCCCC1)NC1(C(=O)O)CCCCCC1. The number of rotatable bonds is 4. The first kappa shape index (κ1) is 15.1. The van der Waals surface area contributed by atoms with Gasteiger partial charge in [-0.1, -0.05) is 37.3 Å². The van der Waals surface area contributed by atoms with Crippen molar-refractivity contribution in [1.82, 2.24) is 5.32 Å². The van der Waals surface area contributed by atoms with Crippen molar-refractivity contribution in [2.45, 2.75) is 76.2 Å². The average molecular weight is 279 g/mol. The van der Waals surface area contributed by atoms with Crippen molar-refractivity contribution >= 4 is 11.9 Å². The van der Waals surface area contributed by atoms with Crippen molar-refractivity contribution in [1.29, 1.82) is 0 Å². The van der Waals surface area contributed by atoms with Crippen LogP contribution in [0, 0.1) is 0 Å². The fraction of sp³-hybridized carbons (Fsp3) is 0.750. The van der Waals surface area contributed by atoms with Crippen LogP contribution in [0.5, 0.6) is 0 Å². The van der Waals surface area contributed by atoms with E-state index >= 15 is 0 Å². The van der Waals surface area contributed by atoms with E-state index in [1.54, 1.807) is 0 Å². The van der Waals surface area contributed by atoms with Crippen molar-refractivity contribution in [3.05, 3.63) is 11.6 Å². The molecule has 0 aromatic heterocycles. The second-order valence-electron chi connectivity index (χ2n) is 6.13. The van der Waals surface area contributed by atoms with Gasteiger partial charge in [0, 0.05) is 6.42 Å². The maximum Gasteiger partial charge on any atom is 0.329 e. The van der Waals surface area contributed by atoms with Crippen LogP contribution in [0.15, 0.2) is 11.6 Å². The van der Waals surface area contributed by atoms with Gasteiger partial charge in [0.15, 0.2) is 0 Å². The van der Waals surface area contributed by atoms with Gasteiger partial charge in [-0.2, -0.15) is 0 Å². The Kier molecular flexibility index (Phi) is 5.21. The number of aliphatic carboxylic acids is 1. The predicted molar refractivity (Wildman–Crippen MR) is 77.4 cm³/mol. The molecule has 0 bridgehead atoms. The largest absolute Gasteiger partial charge is 0.480 e. The Bertz CT molecular complexity index is 393. The van der Waals surface area contributed by atoms with Crippen LogP contribution in [0.1, 0.15) is 70.6 Å². The van der Waals surface area contributed by atoms with Crippen molar-refractivity contribution in [2.75, 3.05) is 0 Å². The first-order valence-electron chi connectivity index (χ1n) is 7.85. The smallest absolute Gasteiger partial charge is 0.329 e. The number of carbonyl (C=O) groups excluding carboxylic acids is 1. The van der Waals surface area contributed by atoms with E-state index in [0.717, 1.165) is 44.9 Å². The number of allylic oxidation sites excluding steroid dienone is 1. The summed E-state index contributed by atoms with van der Waals surface area (Å²) in [4.78, 5) is 23.8. The molecule has 0 heterocycles. The van der Waals surface area contributed by atoms with Crippen LogP contribution in [-0.4, -0.2) is 22.5 Å². The molecule has 1 fully saturated rings. The summed E-state index contributed by atoms with van der Waals surface area (Å²) in [5, 5.41) is 12.4. The Morgan fingerprint density at radius 3 is 2.35 bits per heavy atom. The van der Waals surface area contributed by atoms with E-state index in [-0.39, 0.29) is 5.91 Å². The second-order valence-corrected chi connectivity index (χ2v) is 6.13. The van der Waals surface area contributed by atoms with Gasteiger partial charge in [-0.3, -0.25) is 4.79 Å². The zero-order valence-electron chi connectivity index (χ0n) is 12.1. The van der Waals surface area contributed by atoms with E-state index in [1.807, 2.05) is 0 Å². The van der Waals surface area contributed by atoms with Gasteiger partial charge in [0.05, 0.1) is 0 Å². The first-order chi connectivity index (χ1) is 9.62. The highest BCUT2D eigenvalue weighted by Crippen LogP contribution is 2.28. The van der Waals surface area contributed by atoms with Crippen LogP contribution in [0.4, 0.5) is 0 Å². The van der Waals surface area contributed by atoms with E-state index in [0.29, 0.717) is 19.3 Å². The minimum atomic E-state index is -1.02. The number of nitrogens with one attached hydrogen (secondary N) is 1. The van der Waals surface area contributed by atoms with Crippen LogP contribution >= 0.6 is 0 Å². The zero-order valence-corrected chi connectivity index (χ0v) is 12.1. The summed E-state index contributed by atoms with van der Waals surface area (Å²) < 4.78 is 0. The molecule has 1 saturated carbocycles. The maximum absolute atomic E-state index is 12.2. The quantitative estimate of drug-likeness (QED) is 0.613. The topological polar surface area (TPSA) is 66.4 Å². The van der Waals surface area contributed by atoms with Crippen molar-refractivity contribution in [3.8, 4) is 0 Å². The number of amides is 1. The van der Waals surface area contributed by atoms with Crippen LogP contribution < -0.4 is 5.32 Å². The second kappa shape index (κ2) is 6.91. The van der Waals surface area contributed by atoms with Gasteiger partial charge in [0.25, 0.3) is 0 Å². The standard InChI is InChI=1S/C16H25NO3/c18-14(12-13-8-4-3-5-9-13)17-16(15(19)20)10-6-1-2-7-11-16/h8H,1-7,9-12H2,(H,17,18)(H,19,20). The average Bonchev–Trinajstić information content (AvgIpc) is 2.66. The van der Waals surface area contributed by atoms with Gasteiger partial charge in [0.1, 0.15) is 5.54 Å². The lowest BCUT2D eigenvalue weighted by atomic mass is 9.89.